The van der Waals surface area contributed by atoms with Crippen LogP contribution >= 0.6 is 11.3 Å². The maximum Gasteiger partial charge on any atom is 0.343 e. The Labute approximate surface area is 154 Å². The summed E-state index contributed by atoms with van der Waals surface area (Å²) in [5.74, 6) is -0.0805. The van der Waals surface area contributed by atoms with Crippen molar-refractivity contribution in [3.63, 3.8) is 0 Å². The third-order valence-electron chi connectivity index (χ3n) is 3.78. The molecular formula is C19H18N2O4S. The number of esters is 1. The van der Waals surface area contributed by atoms with Crippen LogP contribution in [0.25, 0.3) is 11.0 Å². The Balaban J connectivity index is 1.71. The second-order valence-corrected chi connectivity index (χ2v) is 6.88. The molecule has 0 saturated carbocycles. The summed E-state index contributed by atoms with van der Waals surface area (Å²) in [7, 11) is 1.30. The Bertz CT molecular complexity index is 983. The number of benzene rings is 1. The molecule has 0 bridgehead atoms. The predicted molar refractivity (Wildman–Crippen MR) is 99.9 cm³/mol. The lowest BCUT2D eigenvalue weighted by Crippen LogP contribution is -2.12. The standard InChI is InChI=1S/C19H18N2O4S/c1-12-10-21-16(13(2)20-19(21)26-12)8-9-17(22)14-4-6-15(7-5-14)25-11-18(23)24-3/h4-10H,11H2,1-3H3/b9-8+. The third-order valence-corrected chi connectivity index (χ3v) is 4.68. The molecule has 0 saturated heterocycles. The highest BCUT2D eigenvalue weighted by Crippen LogP contribution is 2.22. The molecule has 0 aliphatic carbocycles. The molecule has 0 amide bonds. The SMILES string of the molecule is COC(=O)COc1ccc(C(=O)/C=C/c2c(C)nc3sc(C)cn23)cc1. The zero-order chi connectivity index (χ0) is 18.7. The smallest absolute Gasteiger partial charge is 0.343 e. The van der Waals surface area contributed by atoms with Crippen molar-refractivity contribution in [3.8, 4) is 5.75 Å². The van der Waals surface area contributed by atoms with Crippen molar-refractivity contribution in [3.05, 3.63) is 58.4 Å². The van der Waals surface area contributed by atoms with Crippen molar-refractivity contribution in [2.75, 3.05) is 13.7 Å². The molecule has 6 nitrogen and oxygen atoms in total. The Morgan fingerprint density at radius 1 is 1.23 bits per heavy atom. The first-order valence-electron chi connectivity index (χ1n) is 7.95. The number of carbonyl (C=O) groups excluding carboxylic acids is 2. The van der Waals surface area contributed by atoms with E-state index in [0.29, 0.717) is 11.3 Å². The number of rotatable bonds is 6. The van der Waals surface area contributed by atoms with Crippen LogP contribution in [-0.2, 0) is 9.53 Å². The van der Waals surface area contributed by atoms with E-state index in [2.05, 4.69) is 9.72 Å². The number of methoxy groups -OCH3 is 1. The summed E-state index contributed by atoms with van der Waals surface area (Å²) < 4.78 is 11.8. The minimum atomic E-state index is -0.459. The number of aromatic nitrogens is 2. The molecule has 0 fully saturated rings. The maximum absolute atomic E-state index is 12.4. The summed E-state index contributed by atoms with van der Waals surface area (Å²) in [5, 5.41) is 0. The molecule has 0 N–H and O–H groups in total. The molecule has 3 rings (SSSR count). The molecule has 2 heterocycles. The van der Waals surface area contributed by atoms with E-state index in [1.807, 2.05) is 24.4 Å². The van der Waals surface area contributed by atoms with Crippen LogP contribution in [0.5, 0.6) is 5.75 Å². The number of carbonyl (C=O) groups is 2. The predicted octanol–water partition coefficient (Wildman–Crippen LogP) is 3.46. The number of imidazole rings is 1. The monoisotopic (exact) mass is 370 g/mol. The fraction of sp³-hybridized carbons (Fsp3) is 0.211. The zero-order valence-corrected chi connectivity index (χ0v) is 15.5. The van der Waals surface area contributed by atoms with E-state index < -0.39 is 5.97 Å². The highest BCUT2D eigenvalue weighted by molar-refractivity contribution is 7.17. The van der Waals surface area contributed by atoms with Crippen LogP contribution in [0.15, 0.2) is 36.5 Å². The summed E-state index contributed by atoms with van der Waals surface area (Å²) in [6.07, 6.45) is 5.33. The van der Waals surface area contributed by atoms with Crippen molar-refractivity contribution >= 4 is 34.1 Å². The van der Waals surface area contributed by atoms with Crippen molar-refractivity contribution in [1.82, 2.24) is 9.38 Å². The molecule has 0 aliphatic rings. The number of nitrogens with zero attached hydrogens (tertiary/aromatic N) is 2. The van der Waals surface area contributed by atoms with Gasteiger partial charge in [0, 0.05) is 16.6 Å². The van der Waals surface area contributed by atoms with E-state index in [4.69, 9.17) is 4.74 Å². The van der Waals surface area contributed by atoms with E-state index in [1.165, 1.54) is 13.2 Å². The lowest BCUT2D eigenvalue weighted by molar-refractivity contribution is -0.142. The number of hydrogen-bond acceptors (Lipinski definition) is 6. The summed E-state index contributed by atoms with van der Waals surface area (Å²) in [5.41, 5.74) is 2.31. The van der Waals surface area contributed by atoms with E-state index in [9.17, 15) is 9.59 Å². The number of thiazole rings is 1. The van der Waals surface area contributed by atoms with Crippen molar-refractivity contribution < 1.29 is 19.1 Å². The van der Waals surface area contributed by atoms with Crippen LogP contribution in [-0.4, -0.2) is 34.9 Å². The number of fused-ring (bicyclic) bond motifs is 1. The Kier molecular flexibility index (Phi) is 5.18. The number of ketones is 1. The van der Waals surface area contributed by atoms with Crippen LogP contribution in [0, 0.1) is 13.8 Å². The fourth-order valence-electron chi connectivity index (χ4n) is 2.45. The molecule has 26 heavy (non-hydrogen) atoms. The van der Waals surface area contributed by atoms with Gasteiger partial charge in [-0.05, 0) is 50.3 Å². The Morgan fingerprint density at radius 2 is 1.96 bits per heavy atom. The lowest BCUT2D eigenvalue weighted by atomic mass is 10.1. The molecule has 0 atom stereocenters. The van der Waals surface area contributed by atoms with Gasteiger partial charge in [-0.15, -0.1) is 11.3 Å². The van der Waals surface area contributed by atoms with Gasteiger partial charge < -0.3 is 9.47 Å². The third kappa shape index (κ3) is 3.83. The second kappa shape index (κ2) is 7.53. The van der Waals surface area contributed by atoms with E-state index in [0.717, 1.165) is 21.2 Å². The van der Waals surface area contributed by atoms with Gasteiger partial charge in [-0.2, -0.15) is 0 Å². The largest absolute Gasteiger partial charge is 0.482 e. The molecule has 7 heteroatoms. The number of hydrogen-bond donors (Lipinski definition) is 0. The van der Waals surface area contributed by atoms with Crippen LogP contribution in [0.3, 0.4) is 0 Å². The van der Waals surface area contributed by atoms with Crippen LogP contribution < -0.4 is 4.74 Å². The van der Waals surface area contributed by atoms with Gasteiger partial charge in [-0.1, -0.05) is 0 Å². The van der Waals surface area contributed by atoms with Crippen molar-refractivity contribution in [2.24, 2.45) is 0 Å². The van der Waals surface area contributed by atoms with Gasteiger partial charge in [-0.25, -0.2) is 9.78 Å². The van der Waals surface area contributed by atoms with Gasteiger partial charge in [0.15, 0.2) is 17.4 Å². The first-order valence-corrected chi connectivity index (χ1v) is 8.77. The molecule has 134 valence electrons. The minimum Gasteiger partial charge on any atom is -0.482 e. The Morgan fingerprint density at radius 3 is 2.65 bits per heavy atom. The second-order valence-electron chi connectivity index (χ2n) is 5.66. The molecular weight excluding hydrogens is 352 g/mol. The van der Waals surface area contributed by atoms with E-state index in [-0.39, 0.29) is 12.4 Å². The first kappa shape index (κ1) is 17.9. The van der Waals surface area contributed by atoms with Gasteiger partial charge in [0.05, 0.1) is 18.5 Å². The summed E-state index contributed by atoms with van der Waals surface area (Å²) in [6.45, 7) is 3.78. The zero-order valence-electron chi connectivity index (χ0n) is 14.7. The van der Waals surface area contributed by atoms with Gasteiger partial charge in [0.25, 0.3) is 0 Å². The van der Waals surface area contributed by atoms with Crippen LogP contribution in [0.4, 0.5) is 0 Å². The van der Waals surface area contributed by atoms with E-state index in [1.54, 1.807) is 41.7 Å². The van der Waals surface area contributed by atoms with Gasteiger partial charge in [0.1, 0.15) is 5.75 Å². The summed E-state index contributed by atoms with van der Waals surface area (Å²) in [6, 6.07) is 6.61. The van der Waals surface area contributed by atoms with Gasteiger partial charge in [-0.3, -0.25) is 9.20 Å². The molecule has 0 aliphatic heterocycles. The maximum atomic E-state index is 12.4. The molecule has 1 aromatic carbocycles. The molecule has 2 aromatic heterocycles. The average molecular weight is 370 g/mol. The molecule has 0 radical (unpaired) electrons. The summed E-state index contributed by atoms with van der Waals surface area (Å²) in [4.78, 5) is 30.0. The topological polar surface area (TPSA) is 69.9 Å². The van der Waals surface area contributed by atoms with Crippen LogP contribution in [0.1, 0.15) is 26.6 Å². The lowest BCUT2D eigenvalue weighted by Gasteiger charge is -2.04. The normalized spacial score (nSPS) is 11.2. The average Bonchev–Trinajstić information content (AvgIpc) is 3.12. The minimum absolute atomic E-state index is 0.120. The first-order chi connectivity index (χ1) is 12.5. The highest BCUT2D eigenvalue weighted by Gasteiger charge is 2.10. The van der Waals surface area contributed by atoms with Crippen molar-refractivity contribution in [2.45, 2.75) is 13.8 Å². The quantitative estimate of drug-likeness (QED) is 0.378. The molecule has 3 aromatic rings. The van der Waals surface area contributed by atoms with E-state index >= 15 is 0 Å². The fourth-order valence-corrected chi connectivity index (χ4v) is 3.33. The Hall–Kier alpha value is -2.93. The number of aryl methyl sites for hydroxylation is 2. The number of allylic oxidation sites excluding steroid dienone is 1. The van der Waals surface area contributed by atoms with Gasteiger partial charge in [0.2, 0.25) is 0 Å². The van der Waals surface area contributed by atoms with Crippen LogP contribution in [0.2, 0.25) is 0 Å². The highest BCUT2D eigenvalue weighted by atomic mass is 32.1. The van der Waals surface area contributed by atoms with Gasteiger partial charge >= 0.3 is 5.97 Å². The number of ether oxygens (including phenoxy) is 2. The molecule has 0 unspecified atom stereocenters. The summed E-state index contributed by atoms with van der Waals surface area (Å²) >= 11 is 1.61. The van der Waals surface area contributed by atoms with Crippen molar-refractivity contribution in [1.29, 1.82) is 0 Å². The molecule has 0 spiro atoms.